The Morgan fingerprint density at radius 1 is 1.00 bits per heavy atom. The number of nitrogens with zero attached hydrogens (tertiary/aromatic N) is 4. The predicted octanol–water partition coefficient (Wildman–Crippen LogP) is 5.74. The lowest BCUT2D eigenvalue weighted by Crippen LogP contribution is -2.42. The van der Waals surface area contributed by atoms with Crippen LogP contribution < -0.4 is 15.0 Å². The molecule has 8 nitrogen and oxygen atoms in total. The van der Waals surface area contributed by atoms with Crippen LogP contribution in [0.3, 0.4) is 0 Å². The van der Waals surface area contributed by atoms with Gasteiger partial charge in [-0.2, -0.15) is 5.10 Å². The number of methoxy groups -OCH3 is 1. The number of aromatic nitrogens is 3. The fraction of sp³-hybridized carbons (Fsp3) is 0.176. The van der Waals surface area contributed by atoms with E-state index in [-0.39, 0.29) is 35.9 Å². The molecule has 1 aliphatic rings. The van der Waals surface area contributed by atoms with Crippen molar-refractivity contribution in [2.45, 2.75) is 18.7 Å². The third kappa shape index (κ3) is 5.89. The van der Waals surface area contributed by atoms with Gasteiger partial charge in [-0.25, -0.2) is 4.68 Å². The van der Waals surface area contributed by atoms with E-state index in [9.17, 15) is 9.59 Å². The number of fused-ring (bicyclic) bond motifs is 1. The number of para-hydroxylation sites is 1. The highest BCUT2D eigenvalue weighted by molar-refractivity contribution is 8.00. The van der Waals surface area contributed by atoms with E-state index in [1.54, 1.807) is 18.2 Å². The molecule has 0 spiro atoms. The summed E-state index contributed by atoms with van der Waals surface area (Å²) >= 11 is 1.51. The summed E-state index contributed by atoms with van der Waals surface area (Å²) in [5, 5.41) is 7.81. The molecule has 2 amide bonds. The average Bonchev–Trinajstić information content (AvgIpc) is 3.37. The molecule has 0 fully saturated rings. The highest BCUT2D eigenvalue weighted by Crippen LogP contribution is 2.50. The summed E-state index contributed by atoms with van der Waals surface area (Å²) in [5.41, 5.74) is 6.04. The maximum absolute atomic E-state index is 14.0. The topological polar surface area (TPSA) is 89.3 Å². The number of hydrogen-bond donors (Lipinski definition) is 1. The quantitative estimate of drug-likeness (QED) is 0.249. The van der Waals surface area contributed by atoms with Gasteiger partial charge >= 0.3 is 0 Å². The molecule has 2 aromatic heterocycles. The molecule has 0 saturated heterocycles. The molecule has 0 bridgehead atoms. The molecule has 6 rings (SSSR count). The first-order valence-electron chi connectivity index (χ1n) is 14.0. The Kier molecular flexibility index (Phi) is 8.24. The van der Waals surface area contributed by atoms with Gasteiger partial charge in [-0.05, 0) is 42.8 Å². The molecule has 0 saturated carbocycles. The molecule has 1 aliphatic heterocycles. The first-order chi connectivity index (χ1) is 21.0. The zero-order valence-electron chi connectivity index (χ0n) is 23.9. The molecular formula is C34H31N5O3S. The second-order valence-electron chi connectivity index (χ2n) is 10.2. The van der Waals surface area contributed by atoms with Gasteiger partial charge in [0, 0.05) is 22.9 Å². The Morgan fingerprint density at radius 3 is 2.56 bits per heavy atom. The molecule has 216 valence electrons. The van der Waals surface area contributed by atoms with E-state index in [0.717, 1.165) is 45.1 Å². The summed E-state index contributed by atoms with van der Waals surface area (Å²) in [6.07, 6.45) is 1.69. The van der Waals surface area contributed by atoms with E-state index < -0.39 is 0 Å². The molecule has 3 heterocycles. The van der Waals surface area contributed by atoms with Crippen LogP contribution in [0.2, 0.25) is 0 Å². The molecule has 0 aliphatic carbocycles. The van der Waals surface area contributed by atoms with Crippen LogP contribution in [0.25, 0.3) is 16.9 Å². The normalized spacial score (nSPS) is 14.6. The number of benzene rings is 3. The Hall–Kier alpha value is -4.89. The van der Waals surface area contributed by atoms with Gasteiger partial charge < -0.3 is 10.1 Å². The monoisotopic (exact) mass is 589 g/mol. The summed E-state index contributed by atoms with van der Waals surface area (Å²) < 4.78 is 7.60. The molecule has 9 heteroatoms. The molecule has 0 radical (unpaired) electrons. The van der Waals surface area contributed by atoms with Crippen molar-refractivity contribution in [2.75, 3.05) is 24.3 Å². The van der Waals surface area contributed by atoms with Crippen LogP contribution in [0.1, 0.15) is 27.6 Å². The van der Waals surface area contributed by atoms with Crippen molar-refractivity contribution in [3.8, 4) is 22.7 Å². The molecule has 3 aromatic carbocycles. The SMILES string of the molecule is COc1ccccc1C1SCC(=O)N(CC(=O)NCc2ccccn2)c2c1c(-c1ccccc1)nn2-c1cccc(C)c1. The van der Waals surface area contributed by atoms with Crippen LogP contribution in [-0.2, 0) is 16.1 Å². The lowest BCUT2D eigenvalue weighted by molar-refractivity contribution is -0.123. The second-order valence-corrected chi connectivity index (χ2v) is 11.3. The van der Waals surface area contributed by atoms with E-state index >= 15 is 0 Å². The summed E-state index contributed by atoms with van der Waals surface area (Å²) in [5.74, 6) is 1.01. The van der Waals surface area contributed by atoms with Crippen LogP contribution in [0, 0.1) is 6.92 Å². The standard InChI is InChI=1S/C34H31N5O3S/c1-23-11-10-15-26(19-23)39-34-31(32(37-39)24-12-4-3-5-13-24)33(27-16-6-7-17-28(27)42-2)43-22-30(41)38(34)21-29(40)36-20-25-14-8-9-18-35-25/h3-19,33H,20-22H2,1-2H3,(H,36,40). The Balaban J connectivity index is 1.54. The molecule has 43 heavy (non-hydrogen) atoms. The predicted molar refractivity (Wildman–Crippen MR) is 169 cm³/mol. The summed E-state index contributed by atoms with van der Waals surface area (Å²) in [4.78, 5) is 33.2. The van der Waals surface area contributed by atoms with Gasteiger partial charge in [-0.15, -0.1) is 11.8 Å². The maximum atomic E-state index is 14.0. The smallest absolute Gasteiger partial charge is 0.240 e. The molecule has 1 unspecified atom stereocenters. The minimum absolute atomic E-state index is 0.163. The third-order valence-electron chi connectivity index (χ3n) is 7.30. The molecule has 1 N–H and O–H groups in total. The maximum Gasteiger partial charge on any atom is 0.240 e. The van der Waals surface area contributed by atoms with Crippen LogP contribution in [-0.4, -0.2) is 46.0 Å². The first-order valence-corrected chi connectivity index (χ1v) is 15.0. The van der Waals surface area contributed by atoms with Crippen molar-refractivity contribution in [3.05, 3.63) is 126 Å². The summed E-state index contributed by atoms with van der Waals surface area (Å²) in [6, 6.07) is 31.4. The second kappa shape index (κ2) is 12.5. The Labute approximate surface area is 254 Å². The minimum atomic E-state index is -0.288. The summed E-state index contributed by atoms with van der Waals surface area (Å²) in [6.45, 7) is 2.12. The largest absolute Gasteiger partial charge is 0.496 e. The van der Waals surface area contributed by atoms with Gasteiger partial charge in [0.15, 0.2) is 0 Å². The van der Waals surface area contributed by atoms with Gasteiger partial charge in [0.2, 0.25) is 11.8 Å². The van der Waals surface area contributed by atoms with E-state index in [4.69, 9.17) is 9.84 Å². The zero-order chi connectivity index (χ0) is 29.8. The lowest BCUT2D eigenvalue weighted by Gasteiger charge is -2.23. The first kappa shape index (κ1) is 28.2. The highest BCUT2D eigenvalue weighted by atomic mass is 32.2. The van der Waals surface area contributed by atoms with Crippen molar-refractivity contribution >= 4 is 29.4 Å². The van der Waals surface area contributed by atoms with E-state index in [2.05, 4.69) is 10.3 Å². The fourth-order valence-electron chi connectivity index (χ4n) is 5.29. The third-order valence-corrected chi connectivity index (χ3v) is 8.54. The number of ether oxygens (including phenoxy) is 1. The van der Waals surface area contributed by atoms with Gasteiger partial charge in [-0.1, -0.05) is 66.7 Å². The zero-order valence-corrected chi connectivity index (χ0v) is 24.8. The van der Waals surface area contributed by atoms with Crippen molar-refractivity contribution in [3.63, 3.8) is 0 Å². The van der Waals surface area contributed by atoms with Gasteiger partial charge in [0.05, 0.1) is 41.7 Å². The van der Waals surface area contributed by atoms with Gasteiger partial charge in [0.1, 0.15) is 18.1 Å². The molecule has 1 atom stereocenters. The number of thioether (sulfide) groups is 1. The molecule has 5 aromatic rings. The van der Waals surface area contributed by atoms with Gasteiger partial charge in [0.25, 0.3) is 0 Å². The van der Waals surface area contributed by atoms with Gasteiger partial charge in [-0.3, -0.25) is 19.5 Å². The number of carbonyl (C=O) groups excluding carboxylic acids is 2. The number of nitrogens with one attached hydrogen (secondary N) is 1. The van der Waals surface area contributed by atoms with Crippen LogP contribution in [0.15, 0.2) is 103 Å². The number of rotatable bonds is 8. The number of carbonyl (C=O) groups is 2. The Morgan fingerprint density at radius 2 is 1.79 bits per heavy atom. The number of pyridine rings is 1. The van der Waals surface area contributed by atoms with Crippen molar-refractivity contribution in [1.82, 2.24) is 20.1 Å². The Bertz CT molecular complexity index is 1760. The highest BCUT2D eigenvalue weighted by Gasteiger charge is 2.38. The fourth-order valence-corrected chi connectivity index (χ4v) is 6.51. The number of anilines is 1. The van der Waals surface area contributed by atoms with Crippen LogP contribution in [0.5, 0.6) is 5.75 Å². The average molecular weight is 590 g/mol. The van der Waals surface area contributed by atoms with Crippen molar-refractivity contribution in [2.24, 2.45) is 0 Å². The summed E-state index contributed by atoms with van der Waals surface area (Å²) in [7, 11) is 1.65. The molecular weight excluding hydrogens is 558 g/mol. The van der Waals surface area contributed by atoms with E-state index in [0.29, 0.717) is 5.82 Å². The number of aryl methyl sites for hydroxylation is 1. The van der Waals surface area contributed by atoms with E-state index in [1.165, 1.54) is 11.8 Å². The van der Waals surface area contributed by atoms with Crippen LogP contribution in [0.4, 0.5) is 5.82 Å². The minimum Gasteiger partial charge on any atom is -0.496 e. The lowest BCUT2D eigenvalue weighted by atomic mass is 9.99. The number of hydrogen-bond acceptors (Lipinski definition) is 6. The van der Waals surface area contributed by atoms with Crippen molar-refractivity contribution < 1.29 is 14.3 Å². The van der Waals surface area contributed by atoms with Crippen molar-refractivity contribution in [1.29, 1.82) is 0 Å². The van der Waals surface area contributed by atoms with Crippen LogP contribution >= 0.6 is 11.8 Å². The number of amides is 2. The van der Waals surface area contributed by atoms with E-state index in [1.807, 2.05) is 109 Å².